The molecule has 0 bridgehead atoms. The molecule has 0 spiro atoms. The summed E-state index contributed by atoms with van der Waals surface area (Å²) < 4.78 is 28.6. The van der Waals surface area contributed by atoms with Crippen molar-refractivity contribution in [2.24, 2.45) is 11.5 Å². The van der Waals surface area contributed by atoms with Crippen molar-refractivity contribution in [3.63, 3.8) is 0 Å². The van der Waals surface area contributed by atoms with Gasteiger partial charge in [-0.2, -0.15) is 0 Å². The minimum Gasteiger partial charge on any atom is -0.453 e. The van der Waals surface area contributed by atoms with Crippen LogP contribution in [0.15, 0.2) is 36.4 Å². The summed E-state index contributed by atoms with van der Waals surface area (Å²) in [7, 11) is -2.45. The highest BCUT2D eigenvalue weighted by Crippen LogP contribution is 2.21. The van der Waals surface area contributed by atoms with Crippen LogP contribution in [0.2, 0.25) is 0 Å². The first kappa shape index (κ1) is 30.2. The van der Waals surface area contributed by atoms with Gasteiger partial charge in [-0.3, -0.25) is 20.4 Å². The molecular weight excluding hydrogens is 534 g/mol. The molecule has 0 fully saturated rings. The third-order valence-corrected chi connectivity index (χ3v) is 7.47. The third kappa shape index (κ3) is 9.15. The molecule has 38 heavy (non-hydrogen) atoms. The molecule has 0 aliphatic heterocycles. The second kappa shape index (κ2) is 13.0. The second-order valence-electron chi connectivity index (χ2n) is 8.51. The highest BCUT2D eigenvalue weighted by Gasteiger charge is 2.41. The Labute approximate surface area is 224 Å². The van der Waals surface area contributed by atoms with E-state index >= 15 is 0 Å². The number of rotatable bonds is 13. The van der Waals surface area contributed by atoms with Gasteiger partial charge in [-0.05, 0) is 30.2 Å². The Hall–Kier alpha value is -3.98. The Morgan fingerprint density at radius 2 is 1.79 bits per heavy atom. The largest absolute Gasteiger partial charge is 0.453 e. The number of hydrogen-bond acceptors (Lipinski definition) is 9. The van der Waals surface area contributed by atoms with Gasteiger partial charge >= 0.3 is 6.09 Å². The topological polar surface area (TPSA) is 230 Å². The van der Waals surface area contributed by atoms with Gasteiger partial charge in [-0.15, -0.1) is 11.3 Å². The number of benzene rings is 1. The first-order chi connectivity index (χ1) is 17.7. The second-order valence-corrected chi connectivity index (χ2v) is 11.9. The molecule has 1 unspecified atom stereocenters. The predicted molar refractivity (Wildman–Crippen MR) is 144 cm³/mol. The Morgan fingerprint density at radius 3 is 2.37 bits per heavy atom. The lowest BCUT2D eigenvalue weighted by Crippen LogP contribution is -2.61. The summed E-state index contributed by atoms with van der Waals surface area (Å²) in [5.41, 5.74) is 10.1. The van der Waals surface area contributed by atoms with E-state index < -0.39 is 45.6 Å². The number of nitrogens with one attached hydrogen (secondary N) is 5. The van der Waals surface area contributed by atoms with Gasteiger partial charge in [0.1, 0.15) is 27.0 Å². The van der Waals surface area contributed by atoms with Crippen molar-refractivity contribution in [2.45, 2.75) is 24.9 Å². The fourth-order valence-electron chi connectivity index (χ4n) is 3.44. The fraction of sp³-hybridized carbons (Fsp3) is 0.348. The number of nitrogens with two attached hydrogens (primary N) is 2. The van der Waals surface area contributed by atoms with E-state index in [1.54, 1.807) is 36.4 Å². The summed E-state index contributed by atoms with van der Waals surface area (Å²) in [6.07, 6.45) is -0.462. The van der Waals surface area contributed by atoms with Crippen LogP contribution in [0.3, 0.4) is 0 Å². The summed E-state index contributed by atoms with van der Waals surface area (Å²) in [4.78, 5) is 39.4. The van der Waals surface area contributed by atoms with Crippen LogP contribution < -0.4 is 27.4 Å². The molecule has 0 radical (unpaired) electrons. The molecule has 0 saturated heterocycles. The number of hydrogen-bond donors (Lipinski definition) is 7. The minimum atomic E-state index is -3.55. The van der Waals surface area contributed by atoms with Crippen LogP contribution in [0, 0.1) is 10.8 Å². The Morgan fingerprint density at radius 1 is 1.08 bits per heavy atom. The zero-order chi connectivity index (χ0) is 28.5. The number of carbonyl (C=O) groups excluding carboxylic acids is 3. The molecular formula is C23H31N7O6S2. The quantitative estimate of drug-likeness (QED) is 0.127. The number of carbonyl (C=O) groups is 3. The molecule has 1 aromatic carbocycles. The van der Waals surface area contributed by atoms with Crippen molar-refractivity contribution in [1.29, 1.82) is 10.8 Å². The van der Waals surface area contributed by atoms with Gasteiger partial charge in [0.2, 0.25) is 11.8 Å². The molecule has 2 rings (SSSR count). The van der Waals surface area contributed by atoms with Crippen molar-refractivity contribution in [3.8, 4) is 0 Å². The smallest absolute Gasteiger partial charge is 0.407 e. The zero-order valence-electron chi connectivity index (χ0n) is 20.9. The zero-order valence-corrected chi connectivity index (χ0v) is 22.6. The molecule has 3 amide bonds. The van der Waals surface area contributed by atoms with Crippen LogP contribution in [0.5, 0.6) is 0 Å². The lowest BCUT2D eigenvalue weighted by molar-refractivity contribution is -0.130. The van der Waals surface area contributed by atoms with E-state index in [1.807, 2.05) is 0 Å². The number of sulfone groups is 1. The van der Waals surface area contributed by atoms with Crippen LogP contribution in [0.4, 0.5) is 4.79 Å². The molecule has 0 aliphatic rings. The van der Waals surface area contributed by atoms with Crippen LogP contribution >= 0.6 is 11.3 Å². The van der Waals surface area contributed by atoms with Gasteiger partial charge in [0.25, 0.3) is 0 Å². The van der Waals surface area contributed by atoms with Gasteiger partial charge in [0, 0.05) is 23.1 Å². The molecule has 1 heterocycles. The molecule has 15 heteroatoms. The normalized spacial score (nSPS) is 12.6. The predicted octanol–water partition coefficient (Wildman–Crippen LogP) is -0.179. The van der Waals surface area contributed by atoms with Crippen LogP contribution in [-0.2, 0) is 37.1 Å². The third-order valence-electron chi connectivity index (χ3n) is 5.40. The summed E-state index contributed by atoms with van der Waals surface area (Å²) in [6, 6.07) is 9.76. The number of amides is 3. The standard InChI is InChI=1S/C23H31N7O6S2/c1-36-22(33)30-23(8-9-38(2,34)35,11-14-4-3-5-15(10-14)19(24)25)21(32)29-13-18(31)28-12-16-6-7-17(37-16)20(26)27/h3-7,10H,8-9,11-13H2,1-2H3,(H3,24,25)(H3,26,27)(H,28,31)(H,29,32)(H,30,33). The first-order valence-corrected chi connectivity index (χ1v) is 14.1. The molecule has 1 aromatic heterocycles. The Bertz CT molecular complexity index is 1330. The fourth-order valence-corrected chi connectivity index (χ4v) is 4.97. The van der Waals surface area contributed by atoms with Gasteiger partial charge in [-0.25, -0.2) is 13.2 Å². The molecule has 0 aliphatic carbocycles. The molecule has 0 saturated carbocycles. The molecule has 2 aromatic rings. The summed E-state index contributed by atoms with van der Waals surface area (Å²) in [5.74, 6) is -2.08. The van der Waals surface area contributed by atoms with E-state index in [-0.39, 0.29) is 31.1 Å². The molecule has 206 valence electrons. The number of ether oxygens (including phenoxy) is 1. The van der Waals surface area contributed by atoms with Crippen molar-refractivity contribution < 1.29 is 27.5 Å². The maximum absolute atomic E-state index is 13.5. The van der Waals surface area contributed by atoms with E-state index in [0.29, 0.717) is 16.0 Å². The number of nitrogen functional groups attached to an aromatic ring is 2. The summed E-state index contributed by atoms with van der Waals surface area (Å²) in [6.45, 7) is -0.315. The van der Waals surface area contributed by atoms with Gasteiger partial charge in [0.15, 0.2) is 0 Å². The maximum atomic E-state index is 13.5. The van der Waals surface area contributed by atoms with E-state index in [2.05, 4.69) is 20.7 Å². The highest BCUT2D eigenvalue weighted by atomic mass is 32.2. The van der Waals surface area contributed by atoms with Crippen LogP contribution in [0.1, 0.15) is 27.3 Å². The number of alkyl carbamates (subject to hydrolysis) is 1. The van der Waals surface area contributed by atoms with Crippen molar-refractivity contribution in [2.75, 3.05) is 25.7 Å². The Kier molecular flexibility index (Phi) is 10.4. The summed E-state index contributed by atoms with van der Waals surface area (Å²) in [5, 5.41) is 22.7. The van der Waals surface area contributed by atoms with Crippen molar-refractivity contribution in [3.05, 3.63) is 57.3 Å². The van der Waals surface area contributed by atoms with Crippen molar-refractivity contribution in [1.82, 2.24) is 16.0 Å². The molecule has 1 atom stereocenters. The minimum absolute atomic E-state index is 0.0859. The number of amidine groups is 2. The average Bonchev–Trinajstić information content (AvgIpc) is 3.33. The van der Waals surface area contributed by atoms with Crippen LogP contribution in [0.25, 0.3) is 0 Å². The van der Waals surface area contributed by atoms with E-state index in [1.165, 1.54) is 11.3 Å². The van der Waals surface area contributed by atoms with Gasteiger partial charge in [0.05, 0.1) is 30.8 Å². The number of methoxy groups -OCH3 is 1. The Balaban J connectivity index is 2.25. The lowest BCUT2D eigenvalue weighted by Gasteiger charge is -2.33. The number of thiophene rings is 1. The maximum Gasteiger partial charge on any atom is 0.407 e. The van der Waals surface area contributed by atoms with E-state index in [4.69, 9.17) is 22.3 Å². The summed E-state index contributed by atoms with van der Waals surface area (Å²) >= 11 is 1.24. The van der Waals surface area contributed by atoms with Crippen LogP contribution in [-0.4, -0.2) is 69.2 Å². The average molecular weight is 566 g/mol. The van der Waals surface area contributed by atoms with E-state index in [9.17, 15) is 22.8 Å². The monoisotopic (exact) mass is 565 g/mol. The lowest BCUT2D eigenvalue weighted by atomic mass is 9.86. The highest BCUT2D eigenvalue weighted by molar-refractivity contribution is 7.90. The SMILES string of the molecule is COC(=O)NC(CCS(C)(=O)=O)(Cc1cccc(C(=N)N)c1)C(=O)NCC(=O)NCc1ccc(C(=N)N)s1. The first-order valence-electron chi connectivity index (χ1n) is 11.2. The van der Waals surface area contributed by atoms with Crippen molar-refractivity contribution >= 4 is 50.8 Å². The van der Waals surface area contributed by atoms with Gasteiger partial charge in [-0.1, -0.05) is 18.2 Å². The molecule has 9 N–H and O–H groups in total. The molecule has 13 nitrogen and oxygen atoms in total. The van der Waals surface area contributed by atoms with Gasteiger partial charge < -0.3 is 32.2 Å². The van der Waals surface area contributed by atoms with E-state index in [0.717, 1.165) is 18.2 Å².